The maximum absolute atomic E-state index is 12.1. The highest BCUT2D eigenvalue weighted by Crippen LogP contribution is 2.36. The Balaban J connectivity index is 2.23. The summed E-state index contributed by atoms with van der Waals surface area (Å²) in [6, 6.07) is 3.89. The van der Waals surface area contributed by atoms with E-state index in [9.17, 15) is 9.90 Å². The zero-order valence-electron chi connectivity index (χ0n) is 11.5. The SMILES string of the molecule is CCOC(O)C1CC(c2ccc(C)cn2)=C(C)C1=O. The average Bonchev–Trinajstić information content (AvgIpc) is 2.68. The Morgan fingerprint density at radius 1 is 1.47 bits per heavy atom. The van der Waals surface area contributed by atoms with Crippen LogP contribution in [0.2, 0.25) is 0 Å². The van der Waals surface area contributed by atoms with E-state index in [2.05, 4.69) is 4.98 Å². The first-order valence-electron chi connectivity index (χ1n) is 6.51. The third-order valence-corrected chi connectivity index (χ3v) is 3.49. The van der Waals surface area contributed by atoms with E-state index in [4.69, 9.17) is 4.74 Å². The zero-order valence-corrected chi connectivity index (χ0v) is 11.5. The third kappa shape index (κ3) is 2.74. The summed E-state index contributed by atoms with van der Waals surface area (Å²) in [6.45, 7) is 5.95. The lowest BCUT2D eigenvalue weighted by molar-refractivity contribution is -0.148. The minimum Gasteiger partial charge on any atom is -0.367 e. The molecule has 0 saturated heterocycles. The fraction of sp³-hybridized carbons (Fsp3) is 0.467. The molecule has 2 unspecified atom stereocenters. The van der Waals surface area contributed by atoms with E-state index >= 15 is 0 Å². The fourth-order valence-corrected chi connectivity index (χ4v) is 2.35. The number of nitrogens with zero attached hydrogens (tertiary/aromatic N) is 1. The number of rotatable bonds is 4. The molecule has 19 heavy (non-hydrogen) atoms. The Kier molecular flexibility index (Phi) is 4.12. The van der Waals surface area contributed by atoms with E-state index in [1.165, 1.54) is 0 Å². The number of hydrogen-bond acceptors (Lipinski definition) is 4. The molecule has 0 amide bonds. The normalized spacial score (nSPS) is 21.1. The van der Waals surface area contributed by atoms with Crippen molar-refractivity contribution in [2.24, 2.45) is 5.92 Å². The average molecular weight is 261 g/mol. The summed E-state index contributed by atoms with van der Waals surface area (Å²) in [5, 5.41) is 9.86. The van der Waals surface area contributed by atoms with Gasteiger partial charge in [-0.15, -0.1) is 0 Å². The van der Waals surface area contributed by atoms with Crippen LogP contribution in [0.5, 0.6) is 0 Å². The second-order valence-electron chi connectivity index (χ2n) is 4.85. The van der Waals surface area contributed by atoms with Gasteiger partial charge in [-0.3, -0.25) is 9.78 Å². The van der Waals surface area contributed by atoms with E-state index in [1.807, 2.05) is 19.1 Å². The Bertz CT molecular complexity index is 505. The summed E-state index contributed by atoms with van der Waals surface area (Å²) in [5.41, 5.74) is 3.48. The van der Waals surface area contributed by atoms with Gasteiger partial charge in [0, 0.05) is 12.8 Å². The van der Waals surface area contributed by atoms with Gasteiger partial charge in [0.1, 0.15) is 0 Å². The topological polar surface area (TPSA) is 59.4 Å². The second kappa shape index (κ2) is 5.63. The van der Waals surface area contributed by atoms with Gasteiger partial charge in [0.25, 0.3) is 0 Å². The molecule has 2 atom stereocenters. The van der Waals surface area contributed by atoms with Crippen LogP contribution in [0.15, 0.2) is 23.9 Å². The van der Waals surface area contributed by atoms with Crippen LogP contribution in [0.4, 0.5) is 0 Å². The Morgan fingerprint density at radius 2 is 2.21 bits per heavy atom. The molecule has 1 aromatic heterocycles. The molecule has 1 aromatic rings. The van der Waals surface area contributed by atoms with Crippen LogP contribution < -0.4 is 0 Å². The standard InChI is InChI=1S/C15H19NO3/c1-4-19-15(18)12-7-11(10(3)14(12)17)13-6-5-9(2)8-16-13/h5-6,8,12,15,18H,4,7H2,1-3H3. The number of allylic oxidation sites excluding steroid dienone is 2. The van der Waals surface area contributed by atoms with Gasteiger partial charge in [-0.2, -0.15) is 0 Å². The lowest BCUT2D eigenvalue weighted by Gasteiger charge is -2.16. The number of carbonyl (C=O) groups excluding carboxylic acids is 1. The predicted octanol–water partition coefficient (Wildman–Crippen LogP) is 2.11. The number of Topliss-reactive ketones (excluding diaryl/α,β-unsaturated/α-hetero) is 1. The lowest BCUT2D eigenvalue weighted by atomic mass is 10.0. The van der Waals surface area contributed by atoms with Gasteiger partial charge >= 0.3 is 0 Å². The molecule has 1 aliphatic carbocycles. The van der Waals surface area contributed by atoms with E-state index in [1.54, 1.807) is 20.0 Å². The Hall–Kier alpha value is -1.52. The van der Waals surface area contributed by atoms with Gasteiger partial charge in [0.05, 0.1) is 11.6 Å². The molecule has 2 rings (SSSR count). The maximum atomic E-state index is 12.1. The van der Waals surface area contributed by atoms with Crippen molar-refractivity contribution in [3.05, 3.63) is 35.2 Å². The number of pyridine rings is 1. The second-order valence-corrected chi connectivity index (χ2v) is 4.85. The monoisotopic (exact) mass is 261 g/mol. The van der Waals surface area contributed by atoms with Gasteiger partial charge in [-0.05, 0) is 50.0 Å². The zero-order chi connectivity index (χ0) is 14.0. The Morgan fingerprint density at radius 3 is 2.79 bits per heavy atom. The van der Waals surface area contributed by atoms with E-state index in [0.717, 1.165) is 16.8 Å². The molecule has 1 heterocycles. The van der Waals surface area contributed by atoms with Crippen molar-refractivity contribution in [3.8, 4) is 0 Å². The molecule has 0 radical (unpaired) electrons. The molecule has 0 aromatic carbocycles. The molecular formula is C15H19NO3. The largest absolute Gasteiger partial charge is 0.367 e. The van der Waals surface area contributed by atoms with Crippen LogP contribution in [0.25, 0.3) is 5.57 Å². The molecular weight excluding hydrogens is 242 g/mol. The van der Waals surface area contributed by atoms with E-state index < -0.39 is 12.2 Å². The van der Waals surface area contributed by atoms with Gasteiger partial charge in [0.2, 0.25) is 0 Å². The minimum absolute atomic E-state index is 0.0432. The molecule has 4 nitrogen and oxygen atoms in total. The quantitative estimate of drug-likeness (QED) is 0.843. The van der Waals surface area contributed by atoms with Crippen LogP contribution in [-0.2, 0) is 9.53 Å². The first-order valence-corrected chi connectivity index (χ1v) is 6.51. The highest BCUT2D eigenvalue weighted by molar-refractivity contribution is 6.08. The van der Waals surface area contributed by atoms with E-state index in [-0.39, 0.29) is 5.78 Å². The van der Waals surface area contributed by atoms with Gasteiger partial charge in [0.15, 0.2) is 12.1 Å². The molecule has 0 aliphatic heterocycles. The first kappa shape index (κ1) is 13.9. The molecule has 102 valence electrons. The molecule has 1 aliphatic rings. The first-order chi connectivity index (χ1) is 9.04. The number of aliphatic hydroxyl groups is 1. The number of aryl methyl sites for hydroxylation is 1. The van der Waals surface area contributed by atoms with Gasteiger partial charge in [-0.1, -0.05) is 6.07 Å². The van der Waals surface area contributed by atoms with Crippen LogP contribution in [-0.4, -0.2) is 28.8 Å². The molecule has 0 fully saturated rings. The number of ketones is 1. The number of aromatic nitrogens is 1. The van der Waals surface area contributed by atoms with Crippen molar-refractivity contribution < 1.29 is 14.6 Å². The molecule has 0 bridgehead atoms. The maximum Gasteiger partial charge on any atom is 0.167 e. The van der Waals surface area contributed by atoms with Crippen molar-refractivity contribution in [1.82, 2.24) is 4.98 Å². The highest BCUT2D eigenvalue weighted by atomic mass is 16.6. The summed E-state index contributed by atoms with van der Waals surface area (Å²) >= 11 is 0. The summed E-state index contributed by atoms with van der Waals surface area (Å²) < 4.78 is 5.14. The summed E-state index contributed by atoms with van der Waals surface area (Å²) in [5.74, 6) is -0.545. The van der Waals surface area contributed by atoms with Gasteiger partial charge < -0.3 is 9.84 Å². The smallest absolute Gasteiger partial charge is 0.167 e. The van der Waals surface area contributed by atoms with Crippen LogP contribution in [0.1, 0.15) is 31.5 Å². The summed E-state index contributed by atoms with van der Waals surface area (Å²) in [7, 11) is 0. The minimum atomic E-state index is -1.03. The van der Waals surface area contributed by atoms with Crippen LogP contribution >= 0.6 is 0 Å². The summed E-state index contributed by atoms with van der Waals surface area (Å²) in [6.07, 6.45) is 1.24. The third-order valence-electron chi connectivity index (χ3n) is 3.49. The highest BCUT2D eigenvalue weighted by Gasteiger charge is 2.36. The van der Waals surface area contributed by atoms with Crippen molar-refractivity contribution in [2.45, 2.75) is 33.5 Å². The van der Waals surface area contributed by atoms with Crippen molar-refractivity contribution in [1.29, 1.82) is 0 Å². The van der Waals surface area contributed by atoms with Crippen molar-refractivity contribution >= 4 is 11.4 Å². The lowest BCUT2D eigenvalue weighted by Crippen LogP contribution is -2.28. The Labute approximate surface area is 113 Å². The van der Waals surface area contributed by atoms with Crippen LogP contribution in [0.3, 0.4) is 0 Å². The number of ether oxygens (including phenoxy) is 1. The predicted molar refractivity (Wildman–Crippen MR) is 72.3 cm³/mol. The van der Waals surface area contributed by atoms with Crippen molar-refractivity contribution in [2.75, 3.05) is 6.61 Å². The summed E-state index contributed by atoms with van der Waals surface area (Å²) in [4.78, 5) is 16.5. The molecule has 4 heteroatoms. The van der Waals surface area contributed by atoms with Crippen LogP contribution in [0, 0.1) is 12.8 Å². The number of carbonyl (C=O) groups is 1. The number of hydrogen-bond donors (Lipinski definition) is 1. The fourth-order valence-electron chi connectivity index (χ4n) is 2.35. The number of aliphatic hydroxyl groups excluding tert-OH is 1. The molecule has 0 saturated carbocycles. The molecule has 1 N–H and O–H groups in total. The van der Waals surface area contributed by atoms with E-state index in [0.29, 0.717) is 18.6 Å². The molecule has 0 spiro atoms. The van der Waals surface area contributed by atoms with Gasteiger partial charge in [-0.25, -0.2) is 0 Å². The van der Waals surface area contributed by atoms with Crippen molar-refractivity contribution in [3.63, 3.8) is 0 Å².